The summed E-state index contributed by atoms with van der Waals surface area (Å²) in [5.41, 5.74) is 0. The number of hydrogen-bond acceptors (Lipinski definition) is 4. The Balaban J connectivity index is 3.69. The Morgan fingerprint density at radius 1 is 1.33 bits per heavy atom. The van der Waals surface area contributed by atoms with Crippen LogP contribution in [-0.2, 0) is 9.09 Å². The molecule has 0 rings (SSSR count). The molecular weight excluding hydrogens is 217 g/mol. The van der Waals surface area contributed by atoms with E-state index in [1.54, 1.807) is 7.05 Å². The number of nitrogens with zero attached hydrogens (tertiary/aromatic N) is 1. The molecule has 0 aromatic carbocycles. The lowest BCUT2D eigenvalue weighted by molar-refractivity contribution is -0.870. The lowest BCUT2D eigenvalue weighted by atomic mass is 10.5. The van der Waals surface area contributed by atoms with E-state index in [9.17, 15) is 9.46 Å². The van der Waals surface area contributed by atoms with Crippen molar-refractivity contribution in [2.45, 2.75) is 0 Å². The number of likely N-dealkylation sites (N-methyl/N-ethyl adjacent to an activating group) is 2. The molecule has 0 heterocycles. The minimum atomic E-state index is -3.86. The largest absolute Gasteiger partial charge is 0.766 e. The van der Waals surface area contributed by atoms with E-state index in [4.69, 9.17) is 4.52 Å². The van der Waals surface area contributed by atoms with Gasteiger partial charge >= 0.3 is 0 Å². The van der Waals surface area contributed by atoms with Crippen molar-refractivity contribution in [3.8, 4) is 0 Å². The summed E-state index contributed by atoms with van der Waals surface area (Å²) in [5.74, 6) is 0. The number of hydrogen-bond donors (Lipinski definition) is 2. The van der Waals surface area contributed by atoms with Gasteiger partial charge in [-0.15, -0.1) is 0 Å². The molecule has 0 spiro atoms. The van der Waals surface area contributed by atoms with Crippen LogP contribution in [0.5, 0.6) is 0 Å². The summed E-state index contributed by atoms with van der Waals surface area (Å²) < 4.78 is 16.7. The number of nitrogens with one attached hydrogen (secondary N) is 2. The van der Waals surface area contributed by atoms with Crippen LogP contribution in [0, 0.1) is 0 Å². The first-order valence-corrected chi connectivity index (χ1v) is 6.47. The van der Waals surface area contributed by atoms with Gasteiger partial charge in [0.25, 0.3) is 0 Å². The van der Waals surface area contributed by atoms with Gasteiger partial charge in [0, 0.05) is 13.1 Å². The molecule has 0 aliphatic rings. The summed E-state index contributed by atoms with van der Waals surface area (Å²) in [4.78, 5) is 11.3. The van der Waals surface area contributed by atoms with Crippen LogP contribution >= 0.6 is 7.75 Å². The van der Waals surface area contributed by atoms with Gasteiger partial charge in [-0.25, -0.2) is 0 Å². The van der Waals surface area contributed by atoms with Gasteiger partial charge in [-0.1, -0.05) is 0 Å². The standard InChI is InChI=1S/C8H22N3O3P/c1-9-5-6-10-15(12,13)14-8-7-11(2,3)4/h9H,5-8H2,1-4H3,(H-,10,12,13). The van der Waals surface area contributed by atoms with Crippen molar-refractivity contribution in [2.24, 2.45) is 0 Å². The van der Waals surface area contributed by atoms with Crippen molar-refractivity contribution in [3.63, 3.8) is 0 Å². The molecule has 1 atom stereocenters. The molecule has 0 saturated heterocycles. The van der Waals surface area contributed by atoms with Gasteiger partial charge in [0.15, 0.2) is 0 Å². The minimum Gasteiger partial charge on any atom is -0.766 e. The second kappa shape index (κ2) is 6.58. The van der Waals surface area contributed by atoms with Crippen molar-refractivity contribution in [1.29, 1.82) is 0 Å². The fourth-order valence-electron chi connectivity index (χ4n) is 0.798. The first-order chi connectivity index (χ1) is 6.77. The van der Waals surface area contributed by atoms with Crippen molar-refractivity contribution >= 4 is 7.75 Å². The molecule has 0 bridgehead atoms. The summed E-state index contributed by atoms with van der Waals surface area (Å²) in [6.45, 7) is 1.79. The molecule has 0 aliphatic heterocycles. The van der Waals surface area contributed by atoms with Crippen LogP contribution in [0.25, 0.3) is 0 Å². The molecular formula is C8H22N3O3P. The zero-order valence-electron chi connectivity index (χ0n) is 9.95. The first kappa shape index (κ1) is 15.0. The molecule has 7 heteroatoms. The normalized spacial score (nSPS) is 16.3. The average Bonchev–Trinajstić information content (AvgIpc) is 2.01. The Morgan fingerprint density at radius 2 is 1.93 bits per heavy atom. The summed E-state index contributed by atoms with van der Waals surface area (Å²) in [6, 6.07) is 0. The predicted molar refractivity (Wildman–Crippen MR) is 58.4 cm³/mol. The lowest BCUT2D eigenvalue weighted by Gasteiger charge is -2.28. The van der Waals surface area contributed by atoms with E-state index < -0.39 is 7.75 Å². The van der Waals surface area contributed by atoms with E-state index in [0.717, 1.165) is 0 Å². The first-order valence-electron chi connectivity index (χ1n) is 4.92. The third kappa shape index (κ3) is 10.3. The van der Waals surface area contributed by atoms with Crippen LogP contribution < -0.4 is 15.3 Å². The highest BCUT2D eigenvalue weighted by Gasteiger charge is 2.11. The van der Waals surface area contributed by atoms with Crippen molar-refractivity contribution in [1.82, 2.24) is 10.4 Å². The monoisotopic (exact) mass is 239 g/mol. The van der Waals surface area contributed by atoms with Crippen molar-refractivity contribution in [3.05, 3.63) is 0 Å². The Kier molecular flexibility index (Phi) is 6.59. The van der Waals surface area contributed by atoms with E-state index in [2.05, 4.69) is 10.4 Å². The van der Waals surface area contributed by atoms with Gasteiger partial charge in [0.2, 0.25) is 7.75 Å². The molecule has 0 amide bonds. The summed E-state index contributed by atoms with van der Waals surface area (Å²) in [7, 11) is 3.84. The Labute approximate surface area is 91.8 Å². The minimum absolute atomic E-state index is 0.205. The third-order valence-corrected chi connectivity index (χ3v) is 2.84. The molecule has 0 saturated carbocycles. The van der Waals surface area contributed by atoms with Gasteiger partial charge in [0.05, 0.1) is 21.1 Å². The average molecular weight is 239 g/mol. The highest BCUT2D eigenvalue weighted by atomic mass is 31.2. The van der Waals surface area contributed by atoms with Gasteiger partial charge in [0.1, 0.15) is 13.2 Å². The smallest absolute Gasteiger partial charge is 0.204 e. The van der Waals surface area contributed by atoms with Crippen LogP contribution in [0.1, 0.15) is 0 Å². The van der Waals surface area contributed by atoms with Gasteiger partial charge in [-0.05, 0) is 7.05 Å². The van der Waals surface area contributed by atoms with Gasteiger partial charge in [-0.2, -0.15) is 0 Å². The van der Waals surface area contributed by atoms with E-state index in [1.165, 1.54) is 0 Å². The van der Waals surface area contributed by atoms with Gasteiger partial charge in [-0.3, -0.25) is 9.65 Å². The van der Waals surface area contributed by atoms with Crippen LogP contribution in [-0.4, -0.2) is 58.9 Å². The fourth-order valence-corrected chi connectivity index (χ4v) is 1.60. The molecule has 2 N–H and O–H groups in total. The summed E-state index contributed by atoms with van der Waals surface area (Å²) in [6.07, 6.45) is 0. The fraction of sp³-hybridized carbons (Fsp3) is 1.00. The molecule has 0 fully saturated rings. The number of quaternary nitrogens is 1. The summed E-state index contributed by atoms with van der Waals surface area (Å²) in [5, 5.41) is 5.19. The predicted octanol–water partition coefficient (Wildman–Crippen LogP) is -1.01. The second-order valence-electron chi connectivity index (χ2n) is 4.36. The third-order valence-electron chi connectivity index (χ3n) is 1.70. The highest BCUT2D eigenvalue weighted by Crippen LogP contribution is 2.30. The second-order valence-corrected chi connectivity index (χ2v) is 5.93. The molecule has 0 aromatic heterocycles. The van der Waals surface area contributed by atoms with E-state index in [-0.39, 0.29) is 6.61 Å². The molecule has 0 radical (unpaired) electrons. The van der Waals surface area contributed by atoms with E-state index in [1.807, 2.05) is 21.1 Å². The Hall–Kier alpha value is 0.0300. The molecule has 0 aromatic rings. The molecule has 0 aliphatic carbocycles. The van der Waals surface area contributed by atoms with Crippen LogP contribution in [0.4, 0.5) is 0 Å². The quantitative estimate of drug-likeness (QED) is 0.322. The van der Waals surface area contributed by atoms with Crippen LogP contribution in [0.3, 0.4) is 0 Å². The van der Waals surface area contributed by atoms with E-state index in [0.29, 0.717) is 24.1 Å². The van der Waals surface area contributed by atoms with Crippen LogP contribution in [0.15, 0.2) is 0 Å². The molecule has 1 unspecified atom stereocenters. The van der Waals surface area contributed by atoms with E-state index >= 15 is 0 Å². The summed E-state index contributed by atoms with van der Waals surface area (Å²) >= 11 is 0. The molecule has 92 valence electrons. The maximum Gasteiger partial charge on any atom is 0.204 e. The lowest BCUT2D eigenvalue weighted by Crippen LogP contribution is -2.38. The molecule has 6 nitrogen and oxygen atoms in total. The maximum atomic E-state index is 11.3. The SMILES string of the molecule is CNCCNP(=O)([O-])OCC[N+](C)(C)C. The molecule has 15 heavy (non-hydrogen) atoms. The van der Waals surface area contributed by atoms with Gasteiger partial charge < -0.3 is 19.2 Å². The Bertz CT molecular complexity index is 218. The number of rotatable bonds is 8. The maximum absolute atomic E-state index is 11.3. The van der Waals surface area contributed by atoms with Crippen molar-refractivity contribution in [2.75, 3.05) is 54.4 Å². The zero-order valence-corrected chi connectivity index (χ0v) is 10.8. The van der Waals surface area contributed by atoms with Crippen LogP contribution in [0.2, 0.25) is 0 Å². The zero-order chi connectivity index (χ0) is 11.9. The topological polar surface area (TPSA) is 73.4 Å². The Morgan fingerprint density at radius 3 is 2.40 bits per heavy atom. The highest BCUT2D eigenvalue weighted by molar-refractivity contribution is 7.49. The van der Waals surface area contributed by atoms with Crippen molar-refractivity contribution < 1.29 is 18.5 Å².